The summed E-state index contributed by atoms with van der Waals surface area (Å²) < 4.78 is 5.68. The molecule has 3 aliphatic rings. The molecule has 148 valence electrons. The van der Waals surface area contributed by atoms with E-state index < -0.39 is 0 Å². The highest BCUT2D eigenvalue weighted by atomic mass is 16.5. The Kier molecular flexibility index (Phi) is 7.72. The van der Waals surface area contributed by atoms with E-state index in [1.807, 2.05) is 0 Å². The lowest BCUT2D eigenvalue weighted by atomic mass is 9.84. The number of rotatable bonds is 11. The number of carbonyl (C=O) groups is 2. The van der Waals surface area contributed by atoms with E-state index in [4.69, 9.17) is 4.74 Å². The van der Waals surface area contributed by atoms with Crippen LogP contribution >= 0.6 is 0 Å². The summed E-state index contributed by atoms with van der Waals surface area (Å²) in [6, 6.07) is 0. The van der Waals surface area contributed by atoms with Gasteiger partial charge in [0.15, 0.2) is 0 Å². The summed E-state index contributed by atoms with van der Waals surface area (Å²) in [4.78, 5) is 24.3. The summed E-state index contributed by atoms with van der Waals surface area (Å²) >= 11 is 0. The molecule has 0 aromatic carbocycles. The van der Waals surface area contributed by atoms with Gasteiger partial charge in [-0.3, -0.25) is 9.59 Å². The molecule has 3 rings (SSSR count). The molecule has 0 N–H and O–H groups in total. The molecule has 1 heterocycles. The molecule has 5 atom stereocenters. The van der Waals surface area contributed by atoms with Gasteiger partial charge in [-0.25, -0.2) is 0 Å². The lowest BCUT2D eigenvalue weighted by Crippen LogP contribution is -2.24. The largest absolute Gasteiger partial charge is 0.378 e. The number of ether oxygens (including phenoxy) is 1. The summed E-state index contributed by atoms with van der Waals surface area (Å²) in [5.74, 6) is 3.79. The number of carbonyl (C=O) groups excluding carboxylic acids is 2. The van der Waals surface area contributed by atoms with Crippen molar-refractivity contribution in [3.63, 3.8) is 0 Å². The highest BCUT2D eigenvalue weighted by molar-refractivity contribution is 5.81. The van der Waals surface area contributed by atoms with Crippen LogP contribution in [0.1, 0.15) is 96.8 Å². The second-order valence-corrected chi connectivity index (χ2v) is 9.31. The molecule has 2 saturated carbocycles. The molecule has 0 spiro atoms. The lowest BCUT2D eigenvalue weighted by molar-refractivity contribution is -0.124. The number of ketones is 2. The Hall–Kier alpha value is -0.700. The Labute approximate surface area is 159 Å². The molecule has 1 aliphatic heterocycles. The minimum absolute atomic E-state index is 0.382. The summed E-state index contributed by atoms with van der Waals surface area (Å²) in [6.45, 7) is 2.97. The molecule has 26 heavy (non-hydrogen) atoms. The molecular formula is C23H38O3. The van der Waals surface area contributed by atoms with Crippen LogP contribution in [0, 0.1) is 23.7 Å². The van der Waals surface area contributed by atoms with Crippen LogP contribution in [-0.2, 0) is 14.3 Å². The van der Waals surface area contributed by atoms with Gasteiger partial charge in [0.05, 0.1) is 6.10 Å². The van der Waals surface area contributed by atoms with Gasteiger partial charge in [0, 0.05) is 31.8 Å². The van der Waals surface area contributed by atoms with Crippen LogP contribution in [-0.4, -0.2) is 24.3 Å². The molecular weight excluding hydrogens is 324 g/mol. The molecule has 3 heteroatoms. The minimum atomic E-state index is 0.382. The van der Waals surface area contributed by atoms with Crippen molar-refractivity contribution >= 4 is 11.6 Å². The van der Waals surface area contributed by atoms with Crippen molar-refractivity contribution in [2.75, 3.05) is 6.61 Å². The molecule has 0 bridgehead atoms. The van der Waals surface area contributed by atoms with E-state index in [2.05, 4.69) is 6.92 Å². The molecule has 3 fully saturated rings. The fourth-order valence-corrected chi connectivity index (χ4v) is 4.98. The maximum Gasteiger partial charge on any atom is 0.135 e. The van der Waals surface area contributed by atoms with Gasteiger partial charge in [0.1, 0.15) is 11.6 Å². The van der Waals surface area contributed by atoms with Gasteiger partial charge in [-0.15, -0.1) is 0 Å². The first-order valence-electron chi connectivity index (χ1n) is 11.3. The summed E-state index contributed by atoms with van der Waals surface area (Å²) in [7, 11) is 0. The fourth-order valence-electron chi connectivity index (χ4n) is 4.98. The van der Waals surface area contributed by atoms with Crippen LogP contribution < -0.4 is 0 Å². The summed E-state index contributed by atoms with van der Waals surface area (Å²) in [5, 5.41) is 0. The first-order chi connectivity index (χ1) is 12.6. The zero-order valence-corrected chi connectivity index (χ0v) is 16.7. The maximum absolute atomic E-state index is 12.3. The second-order valence-electron chi connectivity index (χ2n) is 9.31. The Balaban J connectivity index is 1.15. The highest BCUT2D eigenvalue weighted by Gasteiger charge is 2.43. The predicted octanol–water partition coefficient (Wildman–Crippen LogP) is 5.50. The lowest BCUT2D eigenvalue weighted by Gasteiger charge is -2.26. The highest BCUT2D eigenvalue weighted by Crippen LogP contribution is 2.51. The Morgan fingerprint density at radius 2 is 1.65 bits per heavy atom. The van der Waals surface area contributed by atoms with E-state index >= 15 is 0 Å². The number of hydrogen-bond donors (Lipinski definition) is 0. The smallest absolute Gasteiger partial charge is 0.135 e. The normalized spacial score (nSPS) is 33.5. The van der Waals surface area contributed by atoms with Gasteiger partial charge in [0.2, 0.25) is 0 Å². The average Bonchev–Trinajstić information content (AvgIpc) is 3.42. The topological polar surface area (TPSA) is 43.4 Å². The van der Waals surface area contributed by atoms with E-state index in [-0.39, 0.29) is 0 Å². The summed E-state index contributed by atoms with van der Waals surface area (Å²) in [6.07, 6.45) is 15.2. The zero-order valence-electron chi connectivity index (χ0n) is 16.7. The van der Waals surface area contributed by atoms with Crippen LogP contribution in [0.25, 0.3) is 0 Å². The second kappa shape index (κ2) is 10.0. The van der Waals surface area contributed by atoms with Crippen molar-refractivity contribution in [1.29, 1.82) is 0 Å². The fraction of sp³-hybridized carbons (Fsp3) is 0.913. The van der Waals surface area contributed by atoms with Gasteiger partial charge in [-0.1, -0.05) is 12.8 Å². The molecule has 2 aliphatic carbocycles. The SMILES string of the molecule is CC1CCC(CCC(=O)CCCCCCC(=O)C2CCC3CC3C2)CO1. The third-order valence-corrected chi connectivity index (χ3v) is 7.06. The molecule has 0 aromatic heterocycles. The van der Waals surface area contributed by atoms with Gasteiger partial charge < -0.3 is 4.74 Å². The Morgan fingerprint density at radius 3 is 2.38 bits per heavy atom. The molecule has 1 saturated heterocycles. The number of fused-ring (bicyclic) bond motifs is 1. The van der Waals surface area contributed by atoms with E-state index in [1.54, 1.807) is 0 Å². The van der Waals surface area contributed by atoms with E-state index in [0.717, 1.165) is 82.7 Å². The van der Waals surface area contributed by atoms with E-state index in [9.17, 15) is 9.59 Å². The van der Waals surface area contributed by atoms with Crippen molar-refractivity contribution in [2.24, 2.45) is 23.7 Å². The molecule has 5 unspecified atom stereocenters. The van der Waals surface area contributed by atoms with Crippen LogP contribution in [0.4, 0.5) is 0 Å². The quantitative estimate of drug-likeness (QED) is 0.456. The van der Waals surface area contributed by atoms with Gasteiger partial charge in [0.25, 0.3) is 0 Å². The molecule has 0 amide bonds. The van der Waals surface area contributed by atoms with Gasteiger partial charge in [-0.2, -0.15) is 0 Å². The van der Waals surface area contributed by atoms with Gasteiger partial charge >= 0.3 is 0 Å². The van der Waals surface area contributed by atoms with Crippen molar-refractivity contribution in [3.8, 4) is 0 Å². The monoisotopic (exact) mass is 362 g/mol. The number of unbranched alkanes of at least 4 members (excludes halogenated alkanes) is 3. The van der Waals surface area contributed by atoms with Crippen LogP contribution in [0.5, 0.6) is 0 Å². The average molecular weight is 363 g/mol. The van der Waals surface area contributed by atoms with Crippen LogP contribution in [0.2, 0.25) is 0 Å². The van der Waals surface area contributed by atoms with Crippen molar-refractivity contribution in [2.45, 2.75) is 103 Å². The molecule has 0 aromatic rings. The van der Waals surface area contributed by atoms with E-state index in [0.29, 0.717) is 29.5 Å². The first kappa shape index (κ1) is 20.0. The minimum Gasteiger partial charge on any atom is -0.378 e. The standard InChI is InChI=1S/C23H38O3/c1-17-8-9-18(16-26-17)10-13-22(24)6-4-2-3-5-7-23(25)20-12-11-19-14-21(19)15-20/h17-21H,2-16H2,1H3. The van der Waals surface area contributed by atoms with Crippen molar-refractivity contribution < 1.29 is 14.3 Å². The van der Waals surface area contributed by atoms with Crippen molar-refractivity contribution in [1.82, 2.24) is 0 Å². The first-order valence-corrected chi connectivity index (χ1v) is 11.3. The Morgan fingerprint density at radius 1 is 0.846 bits per heavy atom. The van der Waals surface area contributed by atoms with Crippen LogP contribution in [0.3, 0.4) is 0 Å². The summed E-state index contributed by atoms with van der Waals surface area (Å²) in [5.41, 5.74) is 0. The van der Waals surface area contributed by atoms with Crippen LogP contribution in [0.15, 0.2) is 0 Å². The third kappa shape index (κ3) is 6.48. The van der Waals surface area contributed by atoms with E-state index in [1.165, 1.54) is 25.7 Å². The molecule has 0 radical (unpaired) electrons. The molecule has 3 nitrogen and oxygen atoms in total. The predicted molar refractivity (Wildman–Crippen MR) is 104 cm³/mol. The maximum atomic E-state index is 12.3. The Bertz CT molecular complexity index is 464. The van der Waals surface area contributed by atoms with Gasteiger partial charge in [-0.05, 0) is 82.5 Å². The number of hydrogen-bond acceptors (Lipinski definition) is 3. The number of Topliss-reactive ketones (excluding diaryl/α,β-unsaturated/α-hetero) is 2. The van der Waals surface area contributed by atoms with Crippen molar-refractivity contribution in [3.05, 3.63) is 0 Å². The zero-order chi connectivity index (χ0) is 18.4. The third-order valence-electron chi connectivity index (χ3n) is 7.06.